The maximum Gasteiger partial charge on any atom is 0.409 e. The number of amides is 4. The van der Waals surface area contributed by atoms with E-state index in [1.165, 1.54) is 15.9 Å². The first-order chi connectivity index (χ1) is 21.2. The lowest BCUT2D eigenvalue weighted by Crippen LogP contribution is -2.56. The minimum Gasteiger partial charge on any atom is -0.483 e. The number of nitrogens with one attached hydrogen (secondary N) is 1. The lowest BCUT2D eigenvalue weighted by molar-refractivity contribution is -0.138. The molecule has 3 heterocycles. The third-order valence-corrected chi connectivity index (χ3v) is 7.76. The van der Waals surface area contributed by atoms with Crippen molar-refractivity contribution in [3.8, 4) is 5.75 Å². The number of para-hydroxylation sites is 1. The number of nitrogens with zero attached hydrogens (tertiary/aromatic N) is 4. The number of carboxylic acids is 1. The molecule has 1 aromatic heterocycles. The number of pyridine rings is 1. The molecular formula is C30H39N5O9. The van der Waals surface area contributed by atoms with E-state index in [0.717, 1.165) is 12.8 Å². The van der Waals surface area contributed by atoms with Crippen LogP contribution in [0, 0.1) is 0 Å². The lowest BCUT2D eigenvalue weighted by atomic mass is 10.1. The van der Waals surface area contributed by atoms with Crippen LogP contribution in [0.4, 0.5) is 4.79 Å². The highest BCUT2D eigenvalue weighted by Gasteiger charge is 2.31. The van der Waals surface area contributed by atoms with Crippen molar-refractivity contribution < 1.29 is 43.3 Å². The smallest absolute Gasteiger partial charge is 0.409 e. The fourth-order valence-electron chi connectivity index (χ4n) is 5.25. The van der Waals surface area contributed by atoms with Crippen LogP contribution in [0.25, 0.3) is 10.9 Å². The number of likely N-dealkylation sites (tertiary alicyclic amines) is 1. The molecular weight excluding hydrogens is 574 g/mol. The topological polar surface area (TPSA) is 168 Å². The van der Waals surface area contributed by atoms with Crippen molar-refractivity contribution in [3.05, 3.63) is 36.0 Å². The quantitative estimate of drug-likeness (QED) is 0.379. The van der Waals surface area contributed by atoms with Gasteiger partial charge < -0.3 is 39.3 Å². The molecule has 4 amide bonds. The van der Waals surface area contributed by atoms with Crippen LogP contribution in [0.5, 0.6) is 5.75 Å². The van der Waals surface area contributed by atoms with Gasteiger partial charge in [-0.1, -0.05) is 12.1 Å². The number of fused-ring (bicyclic) bond motifs is 1. The first kappa shape index (κ1) is 32.5. The molecule has 0 aliphatic carbocycles. The number of carboxylic acid groups (broad SMARTS) is 1. The van der Waals surface area contributed by atoms with E-state index in [1.54, 1.807) is 43.2 Å². The standard InChI is InChI=1S/C30H39N5O9/c1-3-43-30(41)35-16-14-34(15-17-35)29(40)23(8-9-27(37)38)32-28(39)24-18-25(21-6-4-5-7-22(21)31-24)44-19-26(36)33-12-10-20(42-2)11-13-33/h4-7,18,20,23H,3,8-17,19H2,1-2H3,(H,32,39)(H,37,38). The summed E-state index contributed by atoms with van der Waals surface area (Å²) in [5, 5.41) is 12.5. The van der Waals surface area contributed by atoms with Crippen molar-refractivity contribution in [2.75, 3.05) is 59.6 Å². The Labute approximate surface area is 255 Å². The van der Waals surface area contributed by atoms with Crippen LogP contribution in [0.1, 0.15) is 43.1 Å². The SMILES string of the molecule is CCOC(=O)N1CCN(C(=O)C(CCC(=O)O)NC(=O)c2cc(OCC(=O)N3CCC(OC)CC3)c3ccccc3n2)CC1. The first-order valence-corrected chi connectivity index (χ1v) is 14.8. The number of hydrogen-bond donors (Lipinski definition) is 2. The summed E-state index contributed by atoms with van der Waals surface area (Å²) in [5.74, 6) is -2.16. The number of aromatic nitrogens is 1. The second kappa shape index (κ2) is 15.3. The minimum atomic E-state index is -1.14. The van der Waals surface area contributed by atoms with Crippen LogP contribution in [0.15, 0.2) is 30.3 Å². The van der Waals surface area contributed by atoms with Crippen LogP contribution < -0.4 is 10.1 Å². The third-order valence-electron chi connectivity index (χ3n) is 7.76. The average Bonchev–Trinajstić information content (AvgIpc) is 3.04. The van der Waals surface area contributed by atoms with Crippen molar-refractivity contribution in [2.45, 2.75) is 44.8 Å². The van der Waals surface area contributed by atoms with E-state index in [0.29, 0.717) is 24.0 Å². The molecule has 238 valence electrons. The molecule has 1 aromatic carbocycles. The van der Waals surface area contributed by atoms with Gasteiger partial charge in [0, 0.05) is 64.3 Å². The van der Waals surface area contributed by atoms with E-state index in [2.05, 4.69) is 10.3 Å². The summed E-state index contributed by atoms with van der Waals surface area (Å²) in [7, 11) is 1.66. The number of piperazine rings is 1. The van der Waals surface area contributed by atoms with Crippen molar-refractivity contribution in [1.29, 1.82) is 0 Å². The Morgan fingerprint density at radius 2 is 1.68 bits per heavy atom. The fourth-order valence-corrected chi connectivity index (χ4v) is 5.25. The summed E-state index contributed by atoms with van der Waals surface area (Å²) in [5.41, 5.74) is 0.402. The molecule has 14 heteroatoms. The molecule has 2 aliphatic heterocycles. The summed E-state index contributed by atoms with van der Waals surface area (Å²) in [6.07, 6.45) is 0.673. The Balaban J connectivity index is 1.46. The number of piperidine rings is 1. The van der Waals surface area contributed by atoms with Gasteiger partial charge in [0.25, 0.3) is 11.8 Å². The maximum atomic E-state index is 13.4. The van der Waals surface area contributed by atoms with E-state index >= 15 is 0 Å². The van der Waals surface area contributed by atoms with Crippen molar-refractivity contribution in [2.24, 2.45) is 0 Å². The normalized spacial score (nSPS) is 16.4. The van der Waals surface area contributed by atoms with Crippen LogP contribution in [-0.2, 0) is 23.9 Å². The molecule has 2 N–H and O–H groups in total. The molecule has 0 spiro atoms. The number of carbonyl (C=O) groups is 5. The van der Waals surface area contributed by atoms with E-state index in [4.69, 9.17) is 14.2 Å². The number of carbonyl (C=O) groups excluding carboxylic acids is 4. The highest BCUT2D eigenvalue weighted by atomic mass is 16.6. The Hall–Kier alpha value is -4.46. The van der Waals surface area contributed by atoms with Crippen LogP contribution in [-0.4, -0.2) is 126 Å². The number of rotatable bonds is 11. The molecule has 1 atom stereocenters. The highest BCUT2D eigenvalue weighted by molar-refractivity contribution is 5.99. The zero-order valence-electron chi connectivity index (χ0n) is 25.0. The molecule has 2 saturated heterocycles. The van der Waals surface area contributed by atoms with E-state index in [9.17, 15) is 29.1 Å². The van der Waals surface area contributed by atoms with E-state index in [-0.39, 0.29) is 75.7 Å². The van der Waals surface area contributed by atoms with Gasteiger partial charge in [-0.25, -0.2) is 9.78 Å². The second-order valence-electron chi connectivity index (χ2n) is 10.6. The number of methoxy groups -OCH3 is 1. The Morgan fingerprint density at radius 3 is 2.34 bits per heavy atom. The van der Waals surface area contributed by atoms with E-state index < -0.39 is 29.9 Å². The van der Waals surface area contributed by atoms with Gasteiger partial charge in [0.1, 0.15) is 17.5 Å². The molecule has 2 aliphatic rings. The number of hydrogen-bond acceptors (Lipinski definition) is 9. The maximum absolute atomic E-state index is 13.4. The summed E-state index contributed by atoms with van der Waals surface area (Å²) in [6, 6.07) is 7.29. The van der Waals surface area contributed by atoms with Gasteiger partial charge >= 0.3 is 12.1 Å². The Morgan fingerprint density at radius 1 is 1.00 bits per heavy atom. The van der Waals surface area contributed by atoms with E-state index in [1.807, 2.05) is 0 Å². The summed E-state index contributed by atoms with van der Waals surface area (Å²) < 4.78 is 16.3. The minimum absolute atomic E-state index is 0.0488. The predicted molar refractivity (Wildman–Crippen MR) is 157 cm³/mol. The van der Waals surface area contributed by atoms with Crippen LogP contribution >= 0.6 is 0 Å². The van der Waals surface area contributed by atoms with Gasteiger partial charge in [0.15, 0.2) is 6.61 Å². The van der Waals surface area contributed by atoms with Gasteiger partial charge in [-0.15, -0.1) is 0 Å². The molecule has 4 rings (SSSR count). The molecule has 44 heavy (non-hydrogen) atoms. The molecule has 14 nitrogen and oxygen atoms in total. The monoisotopic (exact) mass is 613 g/mol. The van der Waals surface area contributed by atoms with Crippen molar-refractivity contribution in [3.63, 3.8) is 0 Å². The Bertz CT molecular complexity index is 1350. The van der Waals surface area contributed by atoms with Crippen LogP contribution in [0.2, 0.25) is 0 Å². The first-order valence-electron chi connectivity index (χ1n) is 14.8. The zero-order valence-corrected chi connectivity index (χ0v) is 25.0. The number of aliphatic carboxylic acids is 1. The van der Waals surface area contributed by atoms with Crippen molar-refractivity contribution in [1.82, 2.24) is 25.0 Å². The van der Waals surface area contributed by atoms with Gasteiger partial charge in [-0.2, -0.15) is 0 Å². The van der Waals surface area contributed by atoms with Gasteiger partial charge in [0.2, 0.25) is 5.91 Å². The van der Waals surface area contributed by atoms with Gasteiger partial charge in [-0.05, 0) is 38.3 Å². The molecule has 2 fully saturated rings. The van der Waals surface area contributed by atoms with Gasteiger partial charge in [0.05, 0.1) is 18.2 Å². The van der Waals surface area contributed by atoms with Gasteiger partial charge in [-0.3, -0.25) is 19.2 Å². The fraction of sp³-hybridized carbons (Fsp3) is 0.533. The molecule has 0 saturated carbocycles. The van der Waals surface area contributed by atoms with Crippen LogP contribution in [0.3, 0.4) is 0 Å². The number of benzene rings is 1. The average molecular weight is 614 g/mol. The molecule has 1 unspecified atom stereocenters. The predicted octanol–water partition coefficient (Wildman–Crippen LogP) is 1.51. The number of ether oxygens (including phenoxy) is 3. The Kier molecular flexibility index (Phi) is 11.3. The molecule has 2 aromatic rings. The zero-order chi connectivity index (χ0) is 31.6. The largest absolute Gasteiger partial charge is 0.483 e. The third kappa shape index (κ3) is 8.34. The summed E-state index contributed by atoms with van der Waals surface area (Å²) in [4.78, 5) is 72.2. The van der Waals surface area contributed by atoms with Crippen molar-refractivity contribution >= 4 is 40.7 Å². The summed E-state index contributed by atoms with van der Waals surface area (Å²) >= 11 is 0. The molecule has 0 bridgehead atoms. The second-order valence-corrected chi connectivity index (χ2v) is 10.6. The molecule has 0 radical (unpaired) electrons. The summed E-state index contributed by atoms with van der Waals surface area (Å²) in [6.45, 7) is 3.76. The highest BCUT2D eigenvalue weighted by Crippen LogP contribution is 2.26. The lowest BCUT2D eigenvalue weighted by Gasteiger charge is -2.35.